The van der Waals surface area contributed by atoms with Crippen LogP contribution in [0.15, 0.2) is 12.3 Å². The van der Waals surface area contributed by atoms with Crippen molar-refractivity contribution in [2.45, 2.75) is 37.8 Å². The Morgan fingerprint density at radius 3 is 2.89 bits per heavy atom. The molecule has 0 aromatic carbocycles. The van der Waals surface area contributed by atoms with Gasteiger partial charge in [-0.25, -0.2) is 4.98 Å². The average molecular weight is 284 g/mol. The van der Waals surface area contributed by atoms with Crippen molar-refractivity contribution in [3.8, 4) is 0 Å². The van der Waals surface area contributed by atoms with Gasteiger partial charge in [0.15, 0.2) is 0 Å². The van der Waals surface area contributed by atoms with Crippen LogP contribution in [0.3, 0.4) is 0 Å². The number of aliphatic hydroxyl groups is 1. The van der Waals surface area contributed by atoms with Gasteiger partial charge in [-0.15, -0.1) is 11.6 Å². The molecular weight excluding hydrogens is 266 g/mol. The minimum Gasteiger partial charge on any atom is -0.392 e. The number of nitrogens with zero attached hydrogens (tertiary/aromatic N) is 1. The van der Waals surface area contributed by atoms with Crippen LogP contribution in [0.25, 0.3) is 0 Å². The molecule has 0 radical (unpaired) electrons. The number of halogens is 1. The summed E-state index contributed by atoms with van der Waals surface area (Å²) in [5, 5.41) is 13.0. The van der Waals surface area contributed by atoms with Crippen LogP contribution in [0.4, 0.5) is 5.82 Å². The molecule has 0 bridgehead atoms. The van der Waals surface area contributed by atoms with Crippen molar-refractivity contribution in [2.75, 3.05) is 11.2 Å². The van der Waals surface area contributed by atoms with Crippen LogP contribution in [0.1, 0.15) is 35.2 Å². The fourth-order valence-electron chi connectivity index (χ4n) is 2.09. The Morgan fingerprint density at radius 2 is 2.37 bits per heavy atom. The van der Waals surface area contributed by atoms with Crippen LogP contribution in [0.2, 0.25) is 0 Å². The molecular formula is C13H18ClN3O2. The van der Waals surface area contributed by atoms with E-state index >= 15 is 0 Å². The first-order valence-corrected chi connectivity index (χ1v) is 6.93. The molecule has 0 saturated heterocycles. The molecule has 0 aliphatic heterocycles. The number of aliphatic hydroxyl groups excluding tert-OH is 1. The largest absolute Gasteiger partial charge is 0.392 e. The van der Waals surface area contributed by atoms with E-state index < -0.39 is 12.0 Å². The number of hydrogen-bond acceptors (Lipinski definition) is 4. The van der Waals surface area contributed by atoms with Crippen LogP contribution in [0.5, 0.6) is 0 Å². The number of nitrogens with one attached hydrogen (secondary N) is 1. The molecule has 0 unspecified atom stereocenters. The summed E-state index contributed by atoms with van der Waals surface area (Å²) in [7, 11) is 0. The zero-order valence-electron chi connectivity index (χ0n) is 10.6. The van der Waals surface area contributed by atoms with Gasteiger partial charge in [0, 0.05) is 35.7 Å². The second-order valence-electron chi connectivity index (χ2n) is 4.83. The molecule has 5 nitrogen and oxygen atoms in total. The lowest BCUT2D eigenvalue weighted by Crippen LogP contribution is -2.29. The molecule has 4 N–H and O–H groups in total. The van der Waals surface area contributed by atoms with Gasteiger partial charge in [-0.1, -0.05) is 0 Å². The highest BCUT2D eigenvalue weighted by Gasteiger charge is 2.22. The van der Waals surface area contributed by atoms with Crippen molar-refractivity contribution in [2.24, 2.45) is 5.73 Å². The summed E-state index contributed by atoms with van der Waals surface area (Å²) in [6.45, 7) is 0. The maximum absolute atomic E-state index is 11.5. The fraction of sp³-hybridized carbons (Fsp3) is 0.538. The van der Waals surface area contributed by atoms with Gasteiger partial charge < -0.3 is 16.2 Å². The Bertz CT molecular complexity index is 463. The number of rotatable bonds is 6. The first kappa shape index (κ1) is 14.1. The van der Waals surface area contributed by atoms with E-state index in [1.807, 2.05) is 0 Å². The molecule has 1 aromatic heterocycles. The smallest absolute Gasteiger partial charge is 0.249 e. The van der Waals surface area contributed by atoms with Crippen LogP contribution in [0, 0.1) is 0 Å². The molecule has 104 valence electrons. The lowest BCUT2D eigenvalue weighted by molar-refractivity contribution is 0.0998. The quantitative estimate of drug-likeness (QED) is 0.687. The number of primary amides is 1. The second-order valence-corrected chi connectivity index (χ2v) is 5.14. The van der Waals surface area contributed by atoms with Crippen LogP contribution >= 0.6 is 11.6 Å². The molecule has 1 saturated carbocycles. The normalized spacial score (nSPS) is 16.7. The number of pyridine rings is 1. The SMILES string of the molecule is NC(=O)c1ccnc(NC2CCC2)c1C[C@H](O)CCl. The van der Waals surface area contributed by atoms with Gasteiger partial charge in [-0.2, -0.15) is 0 Å². The predicted octanol–water partition coefficient (Wildman–Crippen LogP) is 1.29. The van der Waals surface area contributed by atoms with Crippen molar-refractivity contribution in [3.05, 3.63) is 23.4 Å². The Morgan fingerprint density at radius 1 is 1.63 bits per heavy atom. The topological polar surface area (TPSA) is 88.2 Å². The van der Waals surface area contributed by atoms with Crippen LogP contribution in [-0.2, 0) is 6.42 Å². The standard InChI is InChI=1S/C13H18ClN3O2/c14-7-9(18)6-11-10(12(15)19)4-5-16-13(11)17-8-2-1-3-8/h4-5,8-9,18H,1-3,6-7H2,(H2,15,19)(H,16,17)/t9-/m0/s1. The molecule has 2 rings (SSSR count). The van der Waals surface area contributed by atoms with E-state index in [1.54, 1.807) is 12.3 Å². The highest BCUT2D eigenvalue weighted by atomic mass is 35.5. The molecule has 1 aliphatic rings. The highest BCUT2D eigenvalue weighted by molar-refractivity contribution is 6.18. The summed E-state index contributed by atoms with van der Waals surface area (Å²) >= 11 is 5.62. The molecule has 1 aliphatic carbocycles. The third-order valence-corrected chi connectivity index (χ3v) is 3.74. The summed E-state index contributed by atoms with van der Waals surface area (Å²) in [6, 6.07) is 1.97. The zero-order valence-corrected chi connectivity index (χ0v) is 11.4. The molecule has 19 heavy (non-hydrogen) atoms. The Labute approximate surface area is 117 Å². The Hall–Kier alpha value is -1.33. The Balaban J connectivity index is 2.28. The molecule has 1 amide bonds. The summed E-state index contributed by atoms with van der Waals surface area (Å²) in [4.78, 5) is 15.7. The van der Waals surface area contributed by atoms with Gasteiger partial charge in [-0.05, 0) is 25.3 Å². The van der Waals surface area contributed by atoms with Gasteiger partial charge >= 0.3 is 0 Å². The zero-order chi connectivity index (χ0) is 13.8. The molecule has 1 fully saturated rings. The van der Waals surface area contributed by atoms with Crippen molar-refractivity contribution < 1.29 is 9.90 Å². The summed E-state index contributed by atoms with van der Waals surface area (Å²) in [6.07, 6.45) is 4.50. The van der Waals surface area contributed by atoms with E-state index in [0.717, 1.165) is 12.8 Å². The number of carbonyl (C=O) groups is 1. The predicted molar refractivity (Wildman–Crippen MR) is 74.4 cm³/mol. The number of nitrogens with two attached hydrogens (primary N) is 1. The van der Waals surface area contributed by atoms with Crippen molar-refractivity contribution in [1.29, 1.82) is 0 Å². The first-order valence-electron chi connectivity index (χ1n) is 6.40. The van der Waals surface area contributed by atoms with Gasteiger partial charge in [0.2, 0.25) is 5.91 Å². The molecule has 1 aromatic rings. The highest BCUT2D eigenvalue weighted by Crippen LogP contribution is 2.26. The van der Waals surface area contributed by atoms with Gasteiger partial charge in [0.05, 0.1) is 6.10 Å². The molecule has 0 spiro atoms. The third-order valence-electron chi connectivity index (χ3n) is 3.39. The van der Waals surface area contributed by atoms with Crippen LogP contribution < -0.4 is 11.1 Å². The Kier molecular flexibility index (Phi) is 4.61. The first-order chi connectivity index (χ1) is 9.11. The van der Waals surface area contributed by atoms with E-state index in [9.17, 15) is 9.90 Å². The number of carbonyl (C=O) groups excluding carboxylic acids is 1. The summed E-state index contributed by atoms with van der Waals surface area (Å²) in [5.41, 5.74) is 6.41. The van der Waals surface area contributed by atoms with Gasteiger partial charge in [0.1, 0.15) is 5.82 Å². The number of amides is 1. The fourth-order valence-corrected chi connectivity index (χ4v) is 2.20. The lowest BCUT2D eigenvalue weighted by Gasteiger charge is -2.28. The minimum atomic E-state index is -0.717. The molecule has 1 heterocycles. The van der Waals surface area contributed by atoms with Crippen molar-refractivity contribution in [1.82, 2.24) is 4.98 Å². The van der Waals surface area contributed by atoms with Crippen molar-refractivity contribution >= 4 is 23.3 Å². The second kappa shape index (κ2) is 6.21. The van der Waals surface area contributed by atoms with Crippen LogP contribution in [-0.4, -0.2) is 34.0 Å². The maximum Gasteiger partial charge on any atom is 0.249 e. The van der Waals surface area contributed by atoms with E-state index in [1.165, 1.54) is 6.42 Å². The minimum absolute atomic E-state index is 0.107. The lowest BCUT2D eigenvalue weighted by atomic mass is 9.92. The summed E-state index contributed by atoms with van der Waals surface area (Å²) in [5.74, 6) is 0.219. The van der Waals surface area contributed by atoms with Crippen molar-refractivity contribution in [3.63, 3.8) is 0 Å². The maximum atomic E-state index is 11.5. The average Bonchev–Trinajstić information content (AvgIpc) is 2.34. The van der Waals surface area contributed by atoms with E-state index in [4.69, 9.17) is 17.3 Å². The molecule has 6 heteroatoms. The summed E-state index contributed by atoms with van der Waals surface area (Å²) < 4.78 is 0. The van der Waals surface area contributed by atoms with E-state index in [2.05, 4.69) is 10.3 Å². The molecule has 1 atom stereocenters. The van der Waals surface area contributed by atoms with E-state index in [0.29, 0.717) is 23.0 Å². The van der Waals surface area contributed by atoms with Gasteiger partial charge in [0.25, 0.3) is 0 Å². The number of alkyl halides is 1. The monoisotopic (exact) mass is 283 g/mol. The third kappa shape index (κ3) is 3.36. The van der Waals surface area contributed by atoms with Gasteiger partial charge in [-0.3, -0.25) is 4.79 Å². The number of aromatic nitrogens is 1. The van der Waals surface area contributed by atoms with E-state index in [-0.39, 0.29) is 12.3 Å². The number of hydrogen-bond donors (Lipinski definition) is 3. The number of anilines is 1.